The largest absolute Gasteiger partial charge is 0.300 e. The van der Waals surface area contributed by atoms with E-state index in [9.17, 15) is 4.79 Å². The number of rotatable bonds is 2. The standard InChI is InChI=1S/C12H20N2O2/c1-8(12(15)13-16-3)9-6-10-4-5-11(7-9)14(10)2/h10-11H,4-7H2,1-3H3,(H,13,15). The quantitative estimate of drug-likeness (QED) is 0.567. The first-order chi connectivity index (χ1) is 7.63. The van der Waals surface area contributed by atoms with Crippen LogP contribution >= 0.6 is 0 Å². The van der Waals surface area contributed by atoms with E-state index in [0.717, 1.165) is 18.4 Å². The molecular weight excluding hydrogens is 204 g/mol. The van der Waals surface area contributed by atoms with Crippen molar-refractivity contribution in [3.63, 3.8) is 0 Å². The fourth-order valence-electron chi connectivity index (χ4n) is 2.87. The van der Waals surface area contributed by atoms with Crippen molar-refractivity contribution >= 4 is 5.91 Å². The molecule has 2 atom stereocenters. The summed E-state index contributed by atoms with van der Waals surface area (Å²) in [6.45, 7) is 1.90. The number of carbonyl (C=O) groups excluding carboxylic acids is 1. The molecule has 1 N–H and O–H groups in total. The maximum atomic E-state index is 11.6. The molecule has 0 spiro atoms. The summed E-state index contributed by atoms with van der Waals surface area (Å²) in [4.78, 5) is 18.8. The van der Waals surface area contributed by atoms with Gasteiger partial charge in [-0.15, -0.1) is 0 Å². The van der Waals surface area contributed by atoms with Gasteiger partial charge in [-0.25, -0.2) is 5.48 Å². The highest BCUT2D eigenvalue weighted by atomic mass is 16.6. The third kappa shape index (κ3) is 1.99. The summed E-state index contributed by atoms with van der Waals surface area (Å²) in [5.74, 6) is -0.0959. The van der Waals surface area contributed by atoms with Crippen molar-refractivity contribution < 1.29 is 9.63 Å². The molecule has 2 aliphatic rings. The van der Waals surface area contributed by atoms with Crippen LogP contribution in [0.2, 0.25) is 0 Å². The lowest BCUT2D eigenvalue weighted by molar-refractivity contribution is -0.127. The van der Waals surface area contributed by atoms with Crippen LogP contribution < -0.4 is 5.48 Å². The normalized spacial score (nSPS) is 29.3. The molecule has 0 aromatic carbocycles. The lowest BCUT2D eigenvalue weighted by Crippen LogP contribution is -2.38. The highest BCUT2D eigenvalue weighted by Crippen LogP contribution is 2.38. The summed E-state index contributed by atoms with van der Waals surface area (Å²) in [6.07, 6.45) is 4.61. The Morgan fingerprint density at radius 3 is 2.44 bits per heavy atom. The van der Waals surface area contributed by atoms with Crippen LogP contribution in [0.1, 0.15) is 32.6 Å². The van der Waals surface area contributed by atoms with Crippen LogP contribution in [-0.4, -0.2) is 37.0 Å². The first-order valence-electron chi connectivity index (χ1n) is 5.87. The van der Waals surface area contributed by atoms with Crippen LogP contribution in [0.3, 0.4) is 0 Å². The van der Waals surface area contributed by atoms with E-state index in [-0.39, 0.29) is 5.91 Å². The number of carbonyl (C=O) groups is 1. The SMILES string of the molecule is CONC(=O)C(C)=C1CC2CCC(C1)N2C. The van der Waals surface area contributed by atoms with E-state index >= 15 is 0 Å². The van der Waals surface area contributed by atoms with Gasteiger partial charge in [-0.05, 0) is 39.7 Å². The van der Waals surface area contributed by atoms with Crippen molar-refractivity contribution in [1.82, 2.24) is 10.4 Å². The molecular formula is C12H20N2O2. The molecule has 0 radical (unpaired) electrons. The fourth-order valence-corrected chi connectivity index (χ4v) is 2.87. The number of hydrogen-bond donors (Lipinski definition) is 1. The van der Waals surface area contributed by atoms with Gasteiger partial charge in [-0.2, -0.15) is 0 Å². The molecule has 0 aromatic rings. The van der Waals surface area contributed by atoms with Gasteiger partial charge in [0.25, 0.3) is 5.91 Å². The van der Waals surface area contributed by atoms with Crippen molar-refractivity contribution in [2.45, 2.75) is 44.7 Å². The number of hydrogen-bond acceptors (Lipinski definition) is 3. The predicted octanol–water partition coefficient (Wildman–Crippen LogP) is 1.24. The Morgan fingerprint density at radius 1 is 1.38 bits per heavy atom. The lowest BCUT2D eigenvalue weighted by atomic mass is 9.93. The van der Waals surface area contributed by atoms with Gasteiger partial charge in [-0.3, -0.25) is 14.5 Å². The van der Waals surface area contributed by atoms with Crippen LogP contribution in [0.25, 0.3) is 0 Å². The smallest absolute Gasteiger partial charge is 0.270 e. The molecule has 2 saturated heterocycles. The molecule has 0 aromatic heterocycles. The summed E-state index contributed by atoms with van der Waals surface area (Å²) >= 11 is 0. The highest BCUT2D eigenvalue weighted by Gasteiger charge is 2.36. The van der Waals surface area contributed by atoms with Crippen molar-refractivity contribution in [3.8, 4) is 0 Å². The van der Waals surface area contributed by atoms with E-state index in [1.54, 1.807) is 0 Å². The monoisotopic (exact) mass is 224 g/mol. The maximum Gasteiger partial charge on any atom is 0.270 e. The number of fused-ring (bicyclic) bond motifs is 2. The summed E-state index contributed by atoms with van der Waals surface area (Å²) in [5, 5.41) is 0. The minimum atomic E-state index is -0.0959. The number of amides is 1. The first kappa shape index (κ1) is 11.6. The van der Waals surface area contributed by atoms with Gasteiger partial charge in [-0.1, -0.05) is 5.57 Å². The maximum absolute atomic E-state index is 11.6. The molecule has 4 nitrogen and oxygen atoms in total. The molecule has 2 aliphatic heterocycles. The van der Waals surface area contributed by atoms with Gasteiger partial charge in [0, 0.05) is 17.7 Å². The predicted molar refractivity (Wildman–Crippen MR) is 61.7 cm³/mol. The minimum Gasteiger partial charge on any atom is -0.300 e. The summed E-state index contributed by atoms with van der Waals surface area (Å²) in [5.41, 5.74) is 4.54. The van der Waals surface area contributed by atoms with Crippen molar-refractivity contribution in [3.05, 3.63) is 11.1 Å². The molecule has 16 heavy (non-hydrogen) atoms. The molecule has 2 rings (SSSR count). The van der Waals surface area contributed by atoms with Crippen molar-refractivity contribution in [2.24, 2.45) is 0 Å². The zero-order chi connectivity index (χ0) is 11.7. The van der Waals surface area contributed by atoms with E-state index in [1.165, 1.54) is 25.5 Å². The lowest BCUT2D eigenvalue weighted by Gasteiger charge is -2.33. The average Bonchev–Trinajstić information content (AvgIpc) is 2.53. The van der Waals surface area contributed by atoms with Crippen LogP contribution in [0.15, 0.2) is 11.1 Å². The average molecular weight is 224 g/mol. The number of nitrogens with zero attached hydrogens (tertiary/aromatic N) is 1. The van der Waals surface area contributed by atoms with E-state index in [1.807, 2.05) is 6.92 Å². The molecule has 2 unspecified atom stereocenters. The number of hydroxylamine groups is 1. The van der Waals surface area contributed by atoms with Gasteiger partial charge >= 0.3 is 0 Å². The molecule has 2 heterocycles. The van der Waals surface area contributed by atoms with Crippen LogP contribution in [-0.2, 0) is 9.63 Å². The second-order valence-corrected chi connectivity index (χ2v) is 4.82. The summed E-state index contributed by atoms with van der Waals surface area (Å²) in [6, 6.07) is 1.28. The molecule has 2 bridgehead atoms. The topological polar surface area (TPSA) is 41.6 Å². The Morgan fingerprint density at radius 2 is 1.94 bits per heavy atom. The van der Waals surface area contributed by atoms with Crippen LogP contribution in [0, 0.1) is 0 Å². The Labute approximate surface area is 96.6 Å². The first-order valence-corrected chi connectivity index (χ1v) is 5.87. The summed E-state index contributed by atoms with van der Waals surface area (Å²) in [7, 11) is 3.66. The van der Waals surface area contributed by atoms with E-state index in [4.69, 9.17) is 0 Å². The molecule has 0 aliphatic carbocycles. The Hall–Kier alpha value is -0.870. The van der Waals surface area contributed by atoms with Crippen molar-refractivity contribution in [2.75, 3.05) is 14.2 Å². The third-order valence-corrected chi connectivity index (χ3v) is 4.01. The van der Waals surface area contributed by atoms with Crippen LogP contribution in [0.4, 0.5) is 0 Å². The van der Waals surface area contributed by atoms with Gasteiger partial charge in [0.15, 0.2) is 0 Å². The van der Waals surface area contributed by atoms with Crippen molar-refractivity contribution in [1.29, 1.82) is 0 Å². The van der Waals surface area contributed by atoms with Gasteiger partial charge in [0.1, 0.15) is 0 Å². The zero-order valence-corrected chi connectivity index (χ0v) is 10.2. The molecule has 4 heteroatoms. The second kappa shape index (κ2) is 4.55. The fraction of sp³-hybridized carbons (Fsp3) is 0.750. The van der Waals surface area contributed by atoms with Gasteiger partial charge < -0.3 is 0 Å². The Balaban J connectivity index is 2.11. The van der Waals surface area contributed by atoms with Gasteiger partial charge in [0.05, 0.1) is 7.11 Å². The molecule has 90 valence electrons. The molecule has 1 amide bonds. The van der Waals surface area contributed by atoms with Crippen LogP contribution in [0.5, 0.6) is 0 Å². The third-order valence-electron chi connectivity index (χ3n) is 4.01. The van der Waals surface area contributed by atoms with Gasteiger partial charge in [0.2, 0.25) is 0 Å². The minimum absolute atomic E-state index is 0.0959. The highest BCUT2D eigenvalue weighted by molar-refractivity contribution is 5.92. The van der Waals surface area contributed by atoms with E-state index < -0.39 is 0 Å². The van der Waals surface area contributed by atoms with E-state index in [2.05, 4.69) is 22.3 Å². The Kier molecular flexibility index (Phi) is 3.30. The zero-order valence-electron chi connectivity index (χ0n) is 10.2. The Bertz CT molecular complexity index is 309. The van der Waals surface area contributed by atoms with E-state index in [0.29, 0.717) is 12.1 Å². The second-order valence-electron chi connectivity index (χ2n) is 4.82. The molecule has 0 saturated carbocycles. The number of nitrogens with one attached hydrogen (secondary N) is 1. The molecule has 2 fully saturated rings. The summed E-state index contributed by atoms with van der Waals surface area (Å²) < 4.78 is 0. The number of piperidine rings is 1.